The van der Waals surface area contributed by atoms with Crippen molar-refractivity contribution in [1.82, 2.24) is 10.4 Å². The first-order valence-electron chi connectivity index (χ1n) is 7.24. The van der Waals surface area contributed by atoms with Gasteiger partial charge in [-0.3, -0.25) is 4.79 Å². The molecule has 0 saturated heterocycles. The Labute approximate surface area is 118 Å². The van der Waals surface area contributed by atoms with Crippen LogP contribution in [0.5, 0.6) is 0 Å². The fourth-order valence-corrected chi connectivity index (χ4v) is 2.80. The Hall–Kier alpha value is -2.10. The molecule has 0 atom stereocenters. The van der Waals surface area contributed by atoms with Crippen LogP contribution in [0.2, 0.25) is 0 Å². The molecule has 1 saturated carbocycles. The highest BCUT2D eigenvalue weighted by atomic mass is 16.2. The zero-order chi connectivity index (χ0) is 13.8. The van der Waals surface area contributed by atoms with Gasteiger partial charge < -0.3 is 4.98 Å². The molecule has 0 bridgehead atoms. The van der Waals surface area contributed by atoms with E-state index in [0.29, 0.717) is 11.5 Å². The Morgan fingerprint density at radius 2 is 2.05 bits per heavy atom. The predicted molar refractivity (Wildman–Crippen MR) is 80.8 cm³/mol. The fraction of sp³-hybridized carbons (Fsp3) is 0.375. The zero-order valence-corrected chi connectivity index (χ0v) is 11.4. The topological polar surface area (TPSA) is 57.2 Å². The van der Waals surface area contributed by atoms with Gasteiger partial charge in [0.25, 0.3) is 5.91 Å². The Balaban J connectivity index is 1.65. The van der Waals surface area contributed by atoms with E-state index < -0.39 is 0 Å². The first-order valence-corrected chi connectivity index (χ1v) is 7.24. The Morgan fingerprint density at radius 3 is 2.90 bits per heavy atom. The van der Waals surface area contributed by atoms with E-state index in [-0.39, 0.29) is 5.91 Å². The summed E-state index contributed by atoms with van der Waals surface area (Å²) in [5.74, 6) is 0.363. The van der Waals surface area contributed by atoms with E-state index >= 15 is 0 Å². The number of aromatic nitrogens is 1. The van der Waals surface area contributed by atoms with Crippen LogP contribution in [-0.4, -0.2) is 17.1 Å². The summed E-state index contributed by atoms with van der Waals surface area (Å²) >= 11 is 0. The van der Waals surface area contributed by atoms with Crippen LogP contribution < -0.4 is 5.43 Å². The number of aromatic amines is 1. The molecule has 0 radical (unpaired) electrons. The highest BCUT2D eigenvalue weighted by Crippen LogP contribution is 2.22. The molecule has 104 valence electrons. The minimum atomic E-state index is -0.158. The van der Waals surface area contributed by atoms with Gasteiger partial charge in [-0.05, 0) is 24.8 Å². The van der Waals surface area contributed by atoms with Gasteiger partial charge in [-0.2, -0.15) is 5.10 Å². The van der Waals surface area contributed by atoms with E-state index in [2.05, 4.69) is 15.5 Å². The number of hydrogen-bond acceptors (Lipinski definition) is 2. The number of amides is 1. The second kappa shape index (κ2) is 5.90. The third-order valence-electron chi connectivity index (χ3n) is 3.94. The predicted octanol–water partition coefficient (Wildman–Crippen LogP) is 3.46. The quantitative estimate of drug-likeness (QED) is 0.650. The summed E-state index contributed by atoms with van der Waals surface area (Å²) in [6.45, 7) is 0. The molecule has 0 aliphatic heterocycles. The standard InChI is InChI=1S/C16H19N3O/c20-16(19-18-10-12-6-2-1-3-7-12)14-11-17-15-9-5-4-8-13(14)15/h4-5,8-12,17H,1-3,6-7H2,(H,19,20)/b18-10+. The van der Waals surface area contributed by atoms with Crippen molar-refractivity contribution in [2.24, 2.45) is 11.0 Å². The van der Waals surface area contributed by atoms with E-state index in [1.807, 2.05) is 30.5 Å². The second-order valence-corrected chi connectivity index (χ2v) is 5.37. The molecular formula is C16H19N3O. The number of benzene rings is 1. The van der Waals surface area contributed by atoms with Gasteiger partial charge in [-0.25, -0.2) is 5.43 Å². The monoisotopic (exact) mass is 269 g/mol. The van der Waals surface area contributed by atoms with Crippen LogP contribution >= 0.6 is 0 Å². The number of fused-ring (bicyclic) bond motifs is 1. The maximum atomic E-state index is 12.1. The molecule has 4 heteroatoms. The molecule has 4 nitrogen and oxygen atoms in total. The lowest BCUT2D eigenvalue weighted by Gasteiger charge is -2.16. The average molecular weight is 269 g/mol. The number of nitrogens with zero attached hydrogens (tertiary/aromatic N) is 1. The van der Waals surface area contributed by atoms with Crippen molar-refractivity contribution in [1.29, 1.82) is 0 Å². The Kier molecular flexibility index (Phi) is 3.81. The molecular weight excluding hydrogens is 250 g/mol. The third kappa shape index (κ3) is 2.74. The molecule has 1 heterocycles. The second-order valence-electron chi connectivity index (χ2n) is 5.37. The normalized spacial score (nSPS) is 16.8. The number of rotatable bonds is 3. The molecule has 1 fully saturated rings. The summed E-state index contributed by atoms with van der Waals surface area (Å²) in [6.07, 6.45) is 9.87. The van der Waals surface area contributed by atoms with Crippen LogP contribution in [0.25, 0.3) is 10.9 Å². The number of nitrogens with one attached hydrogen (secondary N) is 2. The van der Waals surface area contributed by atoms with Crippen LogP contribution in [0.1, 0.15) is 42.5 Å². The number of hydrazone groups is 1. The molecule has 1 amide bonds. The smallest absolute Gasteiger partial charge is 0.273 e. The maximum absolute atomic E-state index is 12.1. The molecule has 2 aromatic rings. The summed E-state index contributed by atoms with van der Waals surface area (Å²) < 4.78 is 0. The summed E-state index contributed by atoms with van der Waals surface area (Å²) in [5, 5.41) is 5.05. The van der Waals surface area contributed by atoms with Gasteiger partial charge in [0.15, 0.2) is 0 Å². The summed E-state index contributed by atoms with van der Waals surface area (Å²) in [7, 11) is 0. The van der Waals surface area contributed by atoms with E-state index in [1.54, 1.807) is 6.20 Å². The van der Waals surface area contributed by atoms with Crippen LogP contribution in [0.15, 0.2) is 35.6 Å². The van der Waals surface area contributed by atoms with E-state index in [0.717, 1.165) is 10.9 Å². The van der Waals surface area contributed by atoms with Gasteiger partial charge >= 0.3 is 0 Å². The molecule has 0 unspecified atom stereocenters. The number of hydrogen-bond donors (Lipinski definition) is 2. The largest absolute Gasteiger partial charge is 0.360 e. The first kappa shape index (κ1) is 12.9. The van der Waals surface area contributed by atoms with Crippen molar-refractivity contribution in [3.05, 3.63) is 36.0 Å². The van der Waals surface area contributed by atoms with Crippen molar-refractivity contribution in [3.8, 4) is 0 Å². The lowest BCUT2D eigenvalue weighted by atomic mass is 9.90. The number of para-hydroxylation sites is 1. The van der Waals surface area contributed by atoms with Crippen LogP contribution in [0, 0.1) is 5.92 Å². The van der Waals surface area contributed by atoms with Crippen molar-refractivity contribution >= 4 is 23.0 Å². The minimum absolute atomic E-state index is 0.158. The van der Waals surface area contributed by atoms with Crippen molar-refractivity contribution in [2.75, 3.05) is 0 Å². The van der Waals surface area contributed by atoms with Gasteiger partial charge in [-0.15, -0.1) is 0 Å². The van der Waals surface area contributed by atoms with Crippen LogP contribution in [-0.2, 0) is 0 Å². The van der Waals surface area contributed by atoms with E-state index in [9.17, 15) is 4.79 Å². The summed E-state index contributed by atoms with van der Waals surface area (Å²) in [4.78, 5) is 15.2. The van der Waals surface area contributed by atoms with Gasteiger partial charge in [0.05, 0.1) is 5.56 Å². The highest BCUT2D eigenvalue weighted by molar-refractivity contribution is 6.06. The van der Waals surface area contributed by atoms with E-state index in [1.165, 1.54) is 32.1 Å². The number of carbonyl (C=O) groups is 1. The minimum Gasteiger partial charge on any atom is -0.360 e. The first-order chi connectivity index (χ1) is 9.84. The number of H-pyrrole nitrogens is 1. The van der Waals surface area contributed by atoms with Crippen LogP contribution in [0.3, 0.4) is 0 Å². The van der Waals surface area contributed by atoms with Crippen LogP contribution in [0.4, 0.5) is 0 Å². The SMILES string of the molecule is O=C(N/N=C/C1CCCCC1)c1c[nH]c2ccccc12. The molecule has 1 aliphatic rings. The summed E-state index contributed by atoms with van der Waals surface area (Å²) in [5.41, 5.74) is 4.24. The zero-order valence-electron chi connectivity index (χ0n) is 11.4. The summed E-state index contributed by atoms with van der Waals surface area (Å²) in [6, 6.07) is 7.77. The lowest BCUT2D eigenvalue weighted by molar-refractivity contribution is 0.0956. The molecule has 3 rings (SSSR count). The van der Waals surface area contributed by atoms with Gasteiger partial charge in [0.1, 0.15) is 0 Å². The van der Waals surface area contributed by atoms with Crippen molar-refractivity contribution < 1.29 is 4.79 Å². The molecule has 2 N–H and O–H groups in total. The third-order valence-corrected chi connectivity index (χ3v) is 3.94. The molecule has 1 aromatic heterocycles. The van der Waals surface area contributed by atoms with Crippen molar-refractivity contribution in [3.63, 3.8) is 0 Å². The Bertz CT molecular complexity index is 623. The molecule has 20 heavy (non-hydrogen) atoms. The molecule has 0 spiro atoms. The average Bonchev–Trinajstić information content (AvgIpc) is 2.92. The highest BCUT2D eigenvalue weighted by Gasteiger charge is 2.12. The Morgan fingerprint density at radius 1 is 1.25 bits per heavy atom. The van der Waals surface area contributed by atoms with Gasteiger partial charge in [-0.1, -0.05) is 37.5 Å². The van der Waals surface area contributed by atoms with E-state index in [4.69, 9.17) is 0 Å². The maximum Gasteiger partial charge on any atom is 0.273 e. The molecule has 1 aromatic carbocycles. The van der Waals surface area contributed by atoms with Crippen molar-refractivity contribution in [2.45, 2.75) is 32.1 Å². The fourth-order valence-electron chi connectivity index (χ4n) is 2.80. The number of carbonyl (C=O) groups excluding carboxylic acids is 1. The van der Waals surface area contributed by atoms with Gasteiger partial charge in [0.2, 0.25) is 0 Å². The molecule has 1 aliphatic carbocycles. The lowest BCUT2D eigenvalue weighted by Crippen LogP contribution is -2.18. The van der Waals surface area contributed by atoms with Gasteiger partial charge in [0, 0.05) is 23.3 Å².